The summed E-state index contributed by atoms with van der Waals surface area (Å²) in [6, 6.07) is 0. The first-order valence-electron chi connectivity index (χ1n) is 2.92. The molecule has 0 aliphatic heterocycles. The fourth-order valence-corrected chi connectivity index (χ4v) is 0.449. The van der Waals surface area contributed by atoms with E-state index < -0.39 is 5.97 Å². The van der Waals surface area contributed by atoms with Crippen molar-refractivity contribution in [2.75, 3.05) is 20.6 Å². The van der Waals surface area contributed by atoms with E-state index in [9.17, 15) is 9.59 Å². The second-order valence-electron chi connectivity index (χ2n) is 2.76. The molecule has 4 heteroatoms. The topological polar surface area (TPSA) is 54.4 Å². The first-order valence-corrected chi connectivity index (χ1v) is 2.92. The molecule has 4 nitrogen and oxygen atoms in total. The largest absolute Gasteiger partial charge is 0.477 e. The van der Waals surface area contributed by atoms with Gasteiger partial charge in [-0.05, 0) is 0 Å². The molecule has 0 aromatic carbocycles. The van der Waals surface area contributed by atoms with Crippen molar-refractivity contribution in [2.24, 2.45) is 0 Å². The van der Waals surface area contributed by atoms with Crippen molar-refractivity contribution in [3.63, 3.8) is 0 Å². The van der Waals surface area contributed by atoms with Crippen LogP contribution in [0, 0.1) is 0 Å². The lowest BCUT2D eigenvalue weighted by atomic mass is 10.4. The van der Waals surface area contributed by atoms with Crippen LogP contribution in [0.5, 0.6) is 0 Å². The second kappa shape index (κ2) is 2.79. The van der Waals surface area contributed by atoms with E-state index in [2.05, 4.69) is 0 Å². The first-order chi connectivity index (χ1) is 4.36. The summed E-state index contributed by atoms with van der Waals surface area (Å²) in [4.78, 5) is 20.9. The van der Waals surface area contributed by atoms with E-state index in [4.69, 9.17) is 5.11 Å². The molecule has 0 unspecified atom stereocenters. The number of aliphatic carboxylic acids is 1. The quantitative estimate of drug-likeness (QED) is 0.544. The van der Waals surface area contributed by atoms with E-state index >= 15 is 0 Å². The monoisotopic (exact) mass is 146 g/mol. The molecule has 0 bridgehead atoms. The van der Waals surface area contributed by atoms with Gasteiger partial charge in [-0.25, -0.2) is 9.59 Å². The minimum absolute atomic E-state index is 0.102. The number of amides is 1. The predicted octanol–water partition coefficient (Wildman–Crippen LogP) is -0.306. The van der Waals surface area contributed by atoms with Crippen LogP contribution in [0.15, 0.2) is 0 Å². The summed E-state index contributed by atoms with van der Waals surface area (Å²) in [6.07, 6.45) is 0. The number of hydrogen-bond donors (Lipinski definition) is 1. The van der Waals surface area contributed by atoms with Crippen molar-refractivity contribution >= 4 is 11.9 Å². The maximum atomic E-state index is 10.7. The van der Waals surface area contributed by atoms with Crippen LogP contribution in [-0.2, 0) is 9.59 Å². The van der Waals surface area contributed by atoms with E-state index in [-0.39, 0.29) is 16.9 Å². The van der Waals surface area contributed by atoms with Crippen molar-refractivity contribution < 1.29 is 19.2 Å². The minimum Gasteiger partial charge on any atom is -0.477 e. The summed E-state index contributed by atoms with van der Waals surface area (Å²) in [6.45, 7) is 1.22. The molecule has 58 valence electrons. The van der Waals surface area contributed by atoms with Gasteiger partial charge in [0.05, 0.1) is 21.0 Å². The number of nitrogens with zero attached hydrogens (tertiary/aromatic N) is 1. The normalized spacial score (nSPS) is 11.1. The van der Waals surface area contributed by atoms with Crippen LogP contribution >= 0.6 is 0 Å². The zero-order valence-electron chi connectivity index (χ0n) is 6.42. The maximum Gasteiger partial charge on any atom is 0.359 e. The molecule has 1 amide bonds. The van der Waals surface area contributed by atoms with Crippen LogP contribution in [-0.4, -0.2) is 42.1 Å². The van der Waals surface area contributed by atoms with Crippen molar-refractivity contribution in [1.29, 1.82) is 0 Å². The molecule has 0 rings (SSSR count). The highest BCUT2D eigenvalue weighted by atomic mass is 16.4. The van der Waals surface area contributed by atoms with Crippen LogP contribution < -0.4 is 0 Å². The van der Waals surface area contributed by atoms with Crippen LogP contribution in [0.2, 0.25) is 0 Å². The number of carbonyl (C=O) groups is 2. The highest BCUT2D eigenvalue weighted by Gasteiger charge is 2.24. The third-order valence-electron chi connectivity index (χ3n) is 1.38. The Hall–Kier alpha value is -0.900. The smallest absolute Gasteiger partial charge is 0.359 e. The molecule has 0 aliphatic rings. The van der Waals surface area contributed by atoms with Crippen LogP contribution in [0.4, 0.5) is 0 Å². The fraction of sp³-hybridized carbons (Fsp3) is 0.667. The molecule has 0 aliphatic carbocycles. The average molecular weight is 146 g/mol. The standard InChI is InChI=1S/C6H11NO3/c1-5(8)7(2,3)4-6(9)10/h4H2,1-3H3/p+1. The summed E-state index contributed by atoms with van der Waals surface area (Å²) in [5, 5.41) is 8.33. The molecular weight excluding hydrogens is 134 g/mol. The summed E-state index contributed by atoms with van der Waals surface area (Å²) >= 11 is 0. The fourth-order valence-electron chi connectivity index (χ4n) is 0.449. The number of quaternary nitrogens is 1. The van der Waals surface area contributed by atoms with Gasteiger partial charge in [0.1, 0.15) is 0 Å². The number of carboxylic acid groups (broad SMARTS) is 1. The predicted molar refractivity (Wildman–Crippen MR) is 35.3 cm³/mol. The van der Waals surface area contributed by atoms with Gasteiger partial charge < -0.3 is 5.11 Å². The summed E-state index contributed by atoms with van der Waals surface area (Å²) in [5.74, 6) is -1.11. The molecule has 0 fully saturated rings. The zero-order chi connectivity index (χ0) is 8.36. The zero-order valence-corrected chi connectivity index (χ0v) is 6.42. The van der Waals surface area contributed by atoms with Crippen molar-refractivity contribution in [2.45, 2.75) is 6.92 Å². The van der Waals surface area contributed by atoms with Gasteiger partial charge in [0.15, 0.2) is 6.54 Å². The van der Waals surface area contributed by atoms with Gasteiger partial charge in [-0.15, -0.1) is 0 Å². The molecule has 0 atom stereocenters. The number of hydrogen-bond acceptors (Lipinski definition) is 2. The molecule has 10 heavy (non-hydrogen) atoms. The van der Waals surface area contributed by atoms with Gasteiger partial charge in [0.25, 0.3) is 0 Å². The van der Waals surface area contributed by atoms with Crippen LogP contribution in [0.3, 0.4) is 0 Å². The Labute approximate surface area is 59.7 Å². The molecule has 0 heterocycles. The lowest BCUT2D eigenvalue weighted by Crippen LogP contribution is -2.47. The Morgan fingerprint density at radius 1 is 1.40 bits per heavy atom. The highest BCUT2D eigenvalue weighted by molar-refractivity contribution is 5.73. The van der Waals surface area contributed by atoms with Crippen molar-refractivity contribution in [1.82, 2.24) is 0 Å². The molecule has 1 N–H and O–H groups in total. The van der Waals surface area contributed by atoms with Crippen LogP contribution in [0.25, 0.3) is 0 Å². The van der Waals surface area contributed by atoms with Crippen LogP contribution in [0.1, 0.15) is 6.92 Å². The first kappa shape index (κ1) is 9.10. The van der Waals surface area contributed by atoms with Gasteiger partial charge in [-0.1, -0.05) is 0 Å². The Morgan fingerprint density at radius 2 is 1.80 bits per heavy atom. The van der Waals surface area contributed by atoms with E-state index in [1.807, 2.05) is 0 Å². The number of rotatable bonds is 2. The van der Waals surface area contributed by atoms with Crippen molar-refractivity contribution in [3.05, 3.63) is 0 Å². The lowest BCUT2D eigenvalue weighted by molar-refractivity contribution is -0.805. The van der Waals surface area contributed by atoms with Gasteiger partial charge in [-0.3, -0.25) is 4.48 Å². The van der Waals surface area contributed by atoms with Gasteiger partial charge in [0, 0.05) is 0 Å². The second-order valence-corrected chi connectivity index (χ2v) is 2.76. The summed E-state index contributed by atoms with van der Waals surface area (Å²) < 4.78 is -0.102. The molecular formula is C6H12NO3+. The number of carboxylic acids is 1. The van der Waals surface area contributed by atoms with Gasteiger partial charge >= 0.3 is 11.9 Å². The lowest BCUT2D eigenvalue weighted by Gasteiger charge is -2.22. The Balaban J connectivity index is 4.13. The molecule has 0 saturated heterocycles. The van der Waals surface area contributed by atoms with E-state index in [0.717, 1.165) is 0 Å². The summed E-state index contributed by atoms with van der Waals surface area (Å²) in [7, 11) is 3.13. The van der Waals surface area contributed by atoms with E-state index in [1.54, 1.807) is 14.1 Å². The van der Waals surface area contributed by atoms with Crippen molar-refractivity contribution in [3.8, 4) is 0 Å². The molecule has 0 aromatic rings. The Bertz CT molecular complexity index is 162. The highest BCUT2D eigenvalue weighted by Crippen LogP contribution is 1.95. The summed E-state index contributed by atoms with van der Waals surface area (Å²) in [5.41, 5.74) is 0. The van der Waals surface area contributed by atoms with Gasteiger partial charge in [-0.2, -0.15) is 0 Å². The molecule has 0 radical (unpaired) electrons. The van der Waals surface area contributed by atoms with E-state index in [1.165, 1.54) is 6.92 Å². The SMILES string of the molecule is CC(=O)[N+](C)(C)CC(=O)O. The average Bonchev–Trinajstić information content (AvgIpc) is 1.60. The van der Waals surface area contributed by atoms with E-state index in [0.29, 0.717) is 0 Å². The number of likely N-dealkylation sites (N-methyl/N-ethyl adjacent to an activating group) is 1. The minimum atomic E-state index is -0.958. The maximum absolute atomic E-state index is 10.7. The third-order valence-corrected chi connectivity index (χ3v) is 1.38. The molecule has 0 spiro atoms. The molecule has 0 saturated carbocycles. The Kier molecular flexibility index (Phi) is 2.54. The number of carbonyl (C=O) groups excluding carboxylic acids is 1. The third kappa shape index (κ3) is 2.59. The Morgan fingerprint density at radius 3 is 1.90 bits per heavy atom. The van der Waals surface area contributed by atoms with Gasteiger partial charge in [0.2, 0.25) is 0 Å². The molecule has 0 aromatic heterocycles.